The predicted molar refractivity (Wildman–Crippen MR) is 102 cm³/mol. The van der Waals surface area contributed by atoms with Gasteiger partial charge in [0, 0.05) is 25.6 Å². The molecule has 0 spiro atoms. The zero-order valence-electron chi connectivity index (χ0n) is 13.4. The number of fused-ring (bicyclic) bond motifs is 1. The molecule has 0 unspecified atom stereocenters. The van der Waals surface area contributed by atoms with Crippen LogP contribution >= 0.6 is 31.9 Å². The molecule has 0 saturated carbocycles. The zero-order chi connectivity index (χ0) is 17.4. The normalized spacial score (nSPS) is 21.7. The lowest BCUT2D eigenvalue weighted by atomic mass is 9.91. The summed E-state index contributed by atoms with van der Waals surface area (Å²) in [5.74, 6) is 0.506. The van der Waals surface area contributed by atoms with Gasteiger partial charge in [-0.05, 0) is 43.5 Å². The first-order valence-electron chi connectivity index (χ1n) is 8.15. The van der Waals surface area contributed by atoms with Gasteiger partial charge in [-0.3, -0.25) is 0 Å². The molecule has 2 saturated heterocycles. The third kappa shape index (κ3) is 3.40. The van der Waals surface area contributed by atoms with Crippen molar-refractivity contribution >= 4 is 43.6 Å². The summed E-state index contributed by atoms with van der Waals surface area (Å²) >= 11 is 6.89. The van der Waals surface area contributed by atoms with Crippen molar-refractivity contribution in [3.05, 3.63) is 57.2 Å². The molecule has 5 nitrogen and oxygen atoms in total. The zero-order valence-corrected chi connectivity index (χ0v) is 16.6. The highest BCUT2D eigenvalue weighted by molar-refractivity contribution is 9.13. The Kier molecular flexibility index (Phi) is 4.69. The summed E-state index contributed by atoms with van der Waals surface area (Å²) in [5.41, 5.74) is 2.08. The van der Waals surface area contributed by atoms with Crippen LogP contribution in [-0.2, 0) is 11.3 Å². The molecule has 2 fully saturated rings. The van der Waals surface area contributed by atoms with Crippen molar-refractivity contribution in [2.45, 2.75) is 12.6 Å². The summed E-state index contributed by atoms with van der Waals surface area (Å²) in [5, 5.41) is 0. The van der Waals surface area contributed by atoms with Gasteiger partial charge >= 0.3 is 6.09 Å². The van der Waals surface area contributed by atoms with Crippen LogP contribution in [-0.4, -0.2) is 41.7 Å². The van der Waals surface area contributed by atoms with E-state index in [1.807, 2.05) is 41.4 Å². The van der Waals surface area contributed by atoms with E-state index in [2.05, 4.69) is 47.8 Å². The van der Waals surface area contributed by atoms with Crippen molar-refractivity contribution in [2.24, 2.45) is 5.92 Å². The molecule has 3 heterocycles. The maximum absolute atomic E-state index is 12.3. The largest absolute Gasteiger partial charge is 0.445 e. The van der Waals surface area contributed by atoms with Gasteiger partial charge in [-0.25, -0.2) is 9.78 Å². The van der Waals surface area contributed by atoms with E-state index in [-0.39, 0.29) is 6.09 Å². The minimum atomic E-state index is -0.228. The maximum Gasteiger partial charge on any atom is 0.410 e. The Morgan fingerprint density at radius 3 is 2.76 bits per heavy atom. The number of carbonyl (C=O) groups excluding carboxylic acids is 1. The number of pyridine rings is 1. The molecule has 1 aromatic carbocycles. The summed E-state index contributed by atoms with van der Waals surface area (Å²) in [6.45, 7) is 2.73. The number of carbonyl (C=O) groups is 1. The number of ether oxygens (including phenoxy) is 1. The summed E-state index contributed by atoms with van der Waals surface area (Å²) in [6, 6.07) is 12.2. The van der Waals surface area contributed by atoms with Crippen molar-refractivity contribution in [1.82, 2.24) is 9.88 Å². The first-order valence-corrected chi connectivity index (χ1v) is 9.74. The molecule has 2 atom stereocenters. The van der Waals surface area contributed by atoms with Crippen molar-refractivity contribution in [3.8, 4) is 0 Å². The van der Waals surface area contributed by atoms with Crippen LogP contribution in [0.4, 0.5) is 10.5 Å². The Morgan fingerprint density at radius 2 is 2.00 bits per heavy atom. The van der Waals surface area contributed by atoms with E-state index in [0.717, 1.165) is 33.4 Å². The minimum Gasteiger partial charge on any atom is -0.445 e. The second-order valence-corrected chi connectivity index (χ2v) is 8.00. The van der Waals surface area contributed by atoms with Gasteiger partial charge in [-0.15, -0.1) is 0 Å². The fourth-order valence-corrected chi connectivity index (χ4v) is 4.02. The number of hydrogen-bond acceptors (Lipinski definition) is 4. The minimum absolute atomic E-state index is 0.228. The lowest BCUT2D eigenvalue weighted by molar-refractivity contribution is 0.103. The van der Waals surface area contributed by atoms with Crippen LogP contribution in [0.25, 0.3) is 0 Å². The molecule has 1 aromatic heterocycles. The standard InChI is InChI=1S/C18H17Br2N3O2/c19-15-6-14(7-21-17(15)20)23-9-13-8-22(10-16(13)23)18(24)25-11-12-4-2-1-3-5-12/h1-7,13,16H,8-11H2/t13-,16-/m1/s1. The fourth-order valence-electron chi connectivity index (χ4n) is 3.46. The highest BCUT2D eigenvalue weighted by atomic mass is 79.9. The Hall–Kier alpha value is -1.60. The van der Waals surface area contributed by atoms with Crippen LogP contribution in [0.5, 0.6) is 0 Å². The quantitative estimate of drug-likeness (QED) is 0.640. The number of nitrogens with zero attached hydrogens (tertiary/aromatic N) is 3. The van der Waals surface area contributed by atoms with Gasteiger partial charge < -0.3 is 14.5 Å². The van der Waals surface area contributed by atoms with Crippen LogP contribution in [0.1, 0.15) is 5.56 Å². The third-order valence-corrected chi connectivity index (χ3v) is 6.58. The smallest absolute Gasteiger partial charge is 0.410 e. The number of halogens is 2. The summed E-state index contributed by atoms with van der Waals surface area (Å²) < 4.78 is 7.19. The molecule has 1 amide bonds. The number of benzene rings is 1. The van der Waals surface area contributed by atoms with Gasteiger partial charge in [0.25, 0.3) is 0 Å². The molecule has 2 aliphatic rings. The Labute approximate surface area is 163 Å². The number of aromatic nitrogens is 1. The van der Waals surface area contributed by atoms with Crippen molar-refractivity contribution in [1.29, 1.82) is 0 Å². The first kappa shape index (κ1) is 16.8. The number of hydrogen-bond donors (Lipinski definition) is 0. The molecular formula is C18H17Br2N3O2. The summed E-state index contributed by atoms with van der Waals surface area (Å²) in [7, 11) is 0. The van der Waals surface area contributed by atoms with Gasteiger partial charge in [0.1, 0.15) is 11.2 Å². The van der Waals surface area contributed by atoms with Gasteiger partial charge in [0.05, 0.1) is 22.4 Å². The molecule has 7 heteroatoms. The lowest BCUT2D eigenvalue weighted by Gasteiger charge is -2.45. The van der Waals surface area contributed by atoms with Crippen molar-refractivity contribution in [2.75, 3.05) is 24.5 Å². The van der Waals surface area contributed by atoms with Gasteiger partial charge in [-0.1, -0.05) is 30.3 Å². The molecule has 0 N–H and O–H groups in total. The molecule has 0 bridgehead atoms. The van der Waals surface area contributed by atoms with Crippen LogP contribution in [0.15, 0.2) is 51.7 Å². The van der Waals surface area contributed by atoms with E-state index in [1.54, 1.807) is 0 Å². The number of anilines is 1. The van der Waals surface area contributed by atoms with Crippen molar-refractivity contribution < 1.29 is 9.53 Å². The summed E-state index contributed by atoms with van der Waals surface area (Å²) in [4.78, 5) is 20.8. The van der Waals surface area contributed by atoms with Crippen LogP contribution in [0.3, 0.4) is 0 Å². The second-order valence-electron chi connectivity index (χ2n) is 6.39. The monoisotopic (exact) mass is 465 g/mol. The lowest BCUT2D eigenvalue weighted by Crippen LogP contribution is -2.55. The van der Waals surface area contributed by atoms with Crippen LogP contribution in [0, 0.1) is 5.92 Å². The van der Waals surface area contributed by atoms with Gasteiger partial charge in [0.2, 0.25) is 0 Å². The van der Waals surface area contributed by atoms with Gasteiger partial charge in [0.15, 0.2) is 0 Å². The van der Waals surface area contributed by atoms with E-state index in [4.69, 9.17) is 4.74 Å². The molecule has 25 heavy (non-hydrogen) atoms. The highest BCUT2D eigenvalue weighted by Gasteiger charge is 2.47. The van der Waals surface area contributed by atoms with Crippen LogP contribution < -0.4 is 4.90 Å². The second kappa shape index (κ2) is 6.96. The average molecular weight is 467 g/mol. The average Bonchev–Trinajstić information content (AvgIpc) is 2.94. The SMILES string of the molecule is O=C(OCc1ccccc1)N1C[C@@H]2CN(c3cnc(Br)c(Br)c3)[C@@H]2C1. The van der Waals surface area contributed by atoms with E-state index in [1.165, 1.54) is 0 Å². The number of amides is 1. The number of rotatable bonds is 3. The molecule has 2 aliphatic heterocycles. The Balaban J connectivity index is 1.35. The van der Waals surface area contributed by atoms with E-state index in [9.17, 15) is 4.79 Å². The molecule has 0 radical (unpaired) electrons. The van der Waals surface area contributed by atoms with E-state index < -0.39 is 0 Å². The van der Waals surface area contributed by atoms with Crippen molar-refractivity contribution in [3.63, 3.8) is 0 Å². The first-order chi connectivity index (χ1) is 12.1. The number of likely N-dealkylation sites (tertiary alicyclic amines) is 1. The maximum atomic E-state index is 12.3. The summed E-state index contributed by atoms with van der Waals surface area (Å²) in [6.07, 6.45) is 1.63. The van der Waals surface area contributed by atoms with Gasteiger partial charge in [-0.2, -0.15) is 0 Å². The van der Waals surface area contributed by atoms with E-state index >= 15 is 0 Å². The topological polar surface area (TPSA) is 45.7 Å². The Morgan fingerprint density at radius 1 is 1.20 bits per heavy atom. The molecule has 130 valence electrons. The highest BCUT2D eigenvalue weighted by Crippen LogP contribution is 2.38. The fraction of sp³-hybridized carbons (Fsp3) is 0.333. The molecule has 2 aromatic rings. The Bertz CT molecular complexity index is 787. The van der Waals surface area contributed by atoms with Crippen LogP contribution in [0.2, 0.25) is 0 Å². The predicted octanol–water partition coefficient (Wildman–Crippen LogP) is 4.06. The molecule has 0 aliphatic carbocycles. The molecule has 4 rings (SSSR count). The third-order valence-electron chi connectivity index (χ3n) is 4.81. The molecular weight excluding hydrogens is 450 g/mol. The van der Waals surface area contributed by atoms with E-state index in [0.29, 0.717) is 25.1 Å².